The van der Waals surface area contributed by atoms with E-state index in [1.807, 2.05) is 12.1 Å². The number of anilines is 1. The molecule has 20 heavy (non-hydrogen) atoms. The highest BCUT2D eigenvalue weighted by Gasteiger charge is 2.18. The first-order valence-electron chi connectivity index (χ1n) is 7.17. The topological polar surface area (TPSA) is 50.8 Å². The Balaban J connectivity index is 1.71. The van der Waals surface area contributed by atoms with Crippen LogP contribution in [0.15, 0.2) is 18.2 Å². The Hall–Kier alpha value is -1.59. The molecule has 0 spiro atoms. The number of para-hydroxylation sites is 1. The Labute approximate surface area is 118 Å². The van der Waals surface area contributed by atoms with E-state index in [4.69, 9.17) is 9.47 Å². The Kier molecular flexibility index (Phi) is 4.18. The number of hydrogen-bond donors (Lipinski definition) is 1. The first-order valence-corrected chi connectivity index (χ1v) is 7.17. The van der Waals surface area contributed by atoms with E-state index >= 15 is 0 Å². The standard InChI is InChI=1S/C15H20N2O3/c18-14-5-9-20-13-3-1-2-12(15(13)16-14)4-6-17-7-10-19-11-8-17/h1-3H,4-11H2,(H,16,18). The Bertz CT molecular complexity index is 484. The Morgan fingerprint density at radius 1 is 1.20 bits per heavy atom. The van der Waals surface area contributed by atoms with Gasteiger partial charge in [-0.3, -0.25) is 9.69 Å². The van der Waals surface area contributed by atoms with E-state index in [9.17, 15) is 4.79 Å². The van der Waals surface area contributed by atoms with Gasteiger partial charge in [-0.2, -0.15) is 0 Å². The molecule has 5 heteroatoms. The third kappa shape index (κ3) is 3.11. The lowest BCUT2D eigenvalue weighted by Crippen LogP contribution is -2.37. The third-order valence-electron chi connectivity index (χ3n) is 3.76. The molecule has 3 rings (SSSR count). The van der Waals surface area contributed by atoms with E-state index in [1.54, 1.807) is 0 Å². The summed E-state index contributed by atoms with van der Waals surface area (Å²) >= 11 is 0. The molecule has 1 saturated heterocycles. The summed E-state index contributed by atoms with van der Waals surface area (Å²) in [5.74, 6) is 0.818. The second-order valence-electron chi connectivity index (χ2n) is 5.14. The van der Waals surface area contributed by atoms with Crippen molar-refractivity contribution in [3.05, 3.63) is 23.8 Å². The normalized spacial score (nSPS) is 19.7. The number of nitrogens with zero attached hydrogens (tertiary/aromatic N) is 1. The van der Waals surface area contributed by atoms with Gasteiger partial charge in [0.05, 0.1) is 31.9 Å². The van der Waals surface area contributed by atoms with Gasteiger partial charge in [0.2, 0.25) is 5.91 Å². The SMILES string of the molecule is O=C1CCOc2cccc(CCN3CCOCC3)c2N1. The molecule has 0 aromatic heterocycles. The van der Waals surface area contributed by atoms with Gasteiger partial charge in [-0.05, 0) is 18.1 Å². The summed E-state index contributed by atoms with van der Waals surface area (Å²) < 4.78 is 11.0. The van der Waals surface area contributed by atoms with Crippen molar-refractivity contribution in [1.29, 1.82) is 0 Å². The summed E-state index contributed by atoms with van der Waals surface area (Å²) in [6, 6.07) is 5.97. The third-order valence-corrected chi connectivity index (χ3v) is 3.76. The van der Waals surface area contributed by atoms with Crippen LogP contribution in [0.2, 0.25) is 0 Å². The van der Waals surface area contributed by atoms with Gasteiger partial charge in [0.1, 0.15) is 5.75 Å². The highest BCUT2D eigenvalue weighted by Crippen LogP contribution is 2.31. The molecule has 0 saturated carbocycles. The van der Waals surface area contributed by atoms with Gasteiger partial charge in [-0.25, -0.2) is 0 Å². The Morgan fingerprint density at radius 2 is 2.05 bits per heavy atom. The van der Waals surface area contributed by atoms with Crippen molar-refractivity contribution in [2.24, 2.45) is 0 Å². The van der Waals surface area contributed by atoms with Crippen molar-refractivity contribution in [3.63, 3.8) is 0 Å². The molecule has 2 heterocycles. The van der Waals surface area contributed by atoms with Crippen LogP contribution in [0, 0.1) is 0 Å². The first kappa shape index (κ1) is 13.4. The summed E-state index contributed by atoms with van der Waals surface area (Å²) in [6.07, 6.45) is 1.32. The van der Waals surface area contributed by atoms with E-state index in [1.165, 1.54) is 0 Å². The van der Waals surface area contributed by atoms with E-state index in [-0.39, 0.29) is 5.91 Å². The molecule has 2 aliphatic rings. The van der Waals surface area contributed by atoms with E-state index < -0.39 is 0 Å². The lowest BCUT2D eigenvalue weighted by atomic mass is 10.1. The maximum absolute atomic E-state index is 11.7. The summed E-state index contributed by atoms with van der Waals surface area (Å²) in [5, 5.41) is 2.97. The fourth-order valence-electron chi connectivity index (χ4n) is 2.61. The quantitative estimate of drug-likeness (QED) is 0.903. The first-order chi connectivity index (χ1) is 9.83. The summed E-state index contributed by atoms with van der Waals surface area (Å²) in [6.45, 7) is 5.02. The monoisotopic (exact) mass is 276 g/mol. The molecule has 1 aromatic rings. The molecule has 5 nitrogen and oxygen atoms in total. The minimum atomic E-state index is 0.0302. The lowest BCUT2D eigenvalue weighted by Gasteiger charge is -2.26. The van der Waals surface area contributed by atoms with Crippen molar-refractivity contribution in [2.45, 2.75) is 12.8 Å². The number of fused-ring (bicyclic) bond motifs is 1. The molecule has 0 atom stereocenters. The maximum Gasteiger partial charge on any atom is 0.227 e. The highest BCUT2D eigenvalue weighted by molar-refractivity contribution is 5.94. The second-order valence-corrected chi connectivity index (χ2v) is 5.14. The molecule has 108 valence electrons. The predicted octanol–water partition coefficient (Wildman–Crippen LogP) is 1.28. The molecule has 1 fully saturated rings. The summed E-state index contributed by atoms with van der Waals surface area (Å²) in [5.41, 5.74) is 1.99. The van der Waals surface area contributed by atoms with Crippen LogP contribution in [0.1, 0.15) is 12.0 Å². The number of carbonyl (C=O) groups excluding carboxylic acids is 1. The molecule has 0 aliphatic carbocycles. The van der Waals surface area contributed by atoms with Crippen LogP contribution in [-0.2, 0) is 16.0 Å². The average Bonchev–Trinajstić information content (AvgIpc) is 2.67. The van der Waals surface area contributed by atoms with Gasteiger partial charge in [0.15, 0.2) is 0 Å². The van der Waals surface area contributed by atoms with Gasteiger partial charge in [0.25, 0.3) is 0 Å². The molecule has 2 aliphatic heterocycles. The van der Waals surface area contributed by atoms with Crippen LogP contribution in [0.4, 0.5) is 5.69 Å². The fraction of sp³-hybridized carbons (Fsp3) is 0.533. The molecular weight excluding hydrogens is 256 g/mol. The average molecular weight is 276 g/mol. The number of ether oxygens (including phenoxy) is 2. The fourth-order valence-corrected chi connectivity index (χ4v) is 2.61. The number of rotatable bonds is 3. The van der Waals surface area contributed by atoms with Crippen LogP contribution in [-0.4, -0.2) is 50.3 Å². The Morgan fingerprint density at radius 3 is 2.90 bits per heavy atom. The molecule has 1 aromatic carbocycles. The van der Waals surface area contributed by atoms with Crippen LogP contribution < -0.4 is 10.1 Å². The van der Waals surface area contributed by atoms with Crippen molar-refractivity contribution >= 4 is 11.6 Å². The predicted molar refractivity (Wildman–Crippen MR) is 76.1 cm³/mol. The van der Waals surface area contributed by atoms with E-state index in [2.05, 4.69) is 16.3 Å². The van der Waals surface area contributed by atoms with Crippen LogP contribution in [0.3, 0.4) is 0 Å². The number of amides is 1. The number of morpholine rings is 1. The van der Waals surface area contributed by atoms with Gasteiger partial charge < -0.3 is 14.8 Å². The zero-order valence-electron chi connectivity index (χ0n) is 11.6. The van der Waals surface area contributed by atoms with Crippen molar-refractivity contribution < 1.29 is 14.3 Å². The van der Waals surface area contributed by atoms with Crippen molar-refractivity contribution in [1.82, 2.24) is 4.90 Å². The number of carbonyl (C=O) groups is 1. The summed E-state index contributed by atoms with van der Waals surface area (Å²) in [4.78, 5) is 14.1. The van der Waals surface area contributed by atoms with Gasteiger partial charge in [0, 0.05) is 19.6 Å². The number of nitrogens with one attached hydrogen (secondary N) is 1. The van der Waals surface area contributed by atoms with Gasteiger partial charge in [-0.15, -0.1) is 0 Å². The number of hydrogen-bond acceptors (Lipinski definition) is 4. The van der Waals surface area contributed by atoms with Crippen LogP contribution in [0.25, 0.3) is 0 Å². The van der Waals surface area contributed by atoms with Crippen molar-refractivity contribution in [3.8, 4) is 5.75 Å². The molecule has 1 N–H and O–H groups in total. The van der Waals surface area contributed by atoms with Crippen LogP contribution >= 0.6 is 0 Å². The smallest absolute Gasteiger partial charge is 0.227 e. The molecule has 0 unspecified atom stereocenters. The van der Waals surface area contributed by atoms with E-state index in [0.29, 0.717) is 13.0 Å². The lowest BCUT2D eigenvalue weighted by molar-refractivity contribution is -0.116. The van der Waals surface area contributed by atoms with E-state index in [0.717, 1.165) is 56.3 Å². The van der Waals surface area contributed by atoms with Crippen LogP contribution in [0.5, 0.6) is 5.75 Å². The maximum atomic E-state index is 11.7. The molecule has 0 bridgehead atoms. The highest BCUT2D eigenvalue weighted by atomic mass is 16.5. The molecular formula is C15H20N2O3. The number of benzene rings is 1. The van der Waals surface area contributed by atoms with Crippen molar-refractivity contribution in [2.75, 3.05) is 44.8 Å². The summed E-state index contributed by atoms with van der Waals surface area (Å²) in [7, 11) is 0. The largest absolute Gasteiger partial charge is 0.491 e. The zero-order chi connectivity index (χ0) is 13.8. The second kappa shape index (κ2) is 6.24. The molecule has 1 amide bonds. The van der Waals surface area contributed by atoms with Gasteiger partial charge >= 0.3 is 0 Å². The van der Waals surface area contributed by atoms with Gasteiger partial charge in [-0.1, -0.05) is 12.1 Å². The minimum Gasteiger partial charge on any atom is -0.491 e. The minimum absolute atomic E-state index is 0.0302. The zero-order valence-corrected chi connectivity index (χ0v) is 11.6. The molecule has 0 radical (unpaired) electrons.